The number of benzene rings is 2. The number of carbonyl (C=O) groups excluding carboxylic acids is 1. The summed E-state index contributed by atoms with van der Waals surface area (Å²) in [5.74, 6) is -1.72. The van der Waals surface area contributed by atoms with Gasteiger partial charge in [0.15, 0.2) is 5.75 Å². The highest BCUT2D eigenvalue weighted by molar-refractivity contribution is 6.33. The topological polar surface area (TPSA) is 102 Å². The minimum absolute atomic E-state index is 0.0250. The SMILES string of the molecule is N#Cc1c(F)cccc1Oc1c(Cl)cc(N)cc1C(N)=O. The minimum Gasteiger partial charge on any atom is -0.453 e. The summed E-state index contributed by atoms with van der Waals surface area (Å²) in [5.41, 5.74) is 10.7. The van der Waals surface area contributed by atoms with Crippen LogP contribution in [0.2, 0.25) is 5.02 Å². The Labute approximate surface area is 124 Å². The zero-order valence-corrected chi connectivity index (χ0v) is 11.3. The average Bonchev–Trinajstić information content (AvgIpc) is 2.41. The fraction of sp³-hybridized carbons (Fsp3) is 0. The third kappa shape index (κ3) is 2.88. The number of primary amides is 1. The molecular weight excluding hydrogens is 297 g/mol. The van der Waals surface area contributed by atoms with E-state index in [1.54, 1.807) is 6.07 Å². The summed E-state index contributed by atoms with van der Waals surface area (Å²) < 4.78 is 18.9. The second-order valence-electron chi connectivity index (χ2n) is 4.07. The highest BCUT2D eigenvalue weighted by atomic mass is 35.5. The molecule has 0 saturated heterocycles. The number of hydrogen-bond donors (Lipinski definition) is 2. The van der Waals surface area contributed by atoms with Crippen molar-refractivity contribution in [1.82, 2.24) is 0 Å². The largest absolute Gasteiger partial charge is 0.453 e. The maximum absolute atomic E-state index is 13.5. The van der Waals surface area contributed by atoms with Gasteiger partial charge in [0.1, 0.15) is 23.2 Å². The lowest BCUT2D eigenvalue weighted by Crippen LogP contribution is -2.13. The summed E-state index contributed by atoms with van der Waals surface area (Å²) in [7, 11) is 0. The maximum Gasteiger partial charge on any atom is 0.252 e. The first-order valence-corrected chi connectivity index (χ1v) is 6.07. The Kier molecular flexibility index (Phi) is 3.96. The van der Waals surface area contributed by atoms with E-state index in [9.17, 15) is 9.18 Å². The lowest BCUT2D eigenvalue weighted by molar-refractivity contribution is 0.0998. The van der Waals surface area contributed by atoms with Crippen LogP contribution in [0.3, 0.4) is 0 Å². The normalized spacial score (nSPS) is 9.95. The predicted octanol–water partition coefficient (Wildman–Crippen LogP) is 2.82. The van der Waals surface area contributed by atoms with Crippen LogP contribution >= 0.6 is 11.6 Å². The van der Waals surface area contributed by atoms with E-state index < -0.39 is 11.7 Å². The van der Waals surface area contributed by atoms with Crippen molar-refractivity contribution in [2.24, 2.45) is 5.73 Å². The molecule has 0 saturated carbocycles. The molecule has 0 unspecified atom stereocenters. The van der Waals surface area contributed by atoms with E-state index in [0.29, 0.717) is 0 Å². The summed E-state index contributed by atoms with van der Waals surface area (Å²) in [6, 6.07) is 8.17. The second-order valence-corrected chi connectivity index (χ2v) is 4.48. The van der Waals surface area contributed by atoms with Crippen molar-refractivity contribution >= 4 is 23.2 Å². The molecular formula is C14H9ClFN3O2. The number of anilines is 1. The highest BCUT2D eigenvalue weighted by Crippen LogP contribution is 2.36. The third-order valence-electron chi connectivity index (χ3n) is 2.63. The van der Waals surface area contributed by atoms with Crippen LogP contribution in [0.25, 0.3) is 0 Å². The van der Waals surface area contributed by atoms with E-state index in [1.165, 1.54) is 24.3 Å². The van der Waals surface area contributed by atoms with Crippen LogP contribution in [-0.4, -0.2) is 5.91 Å². The quantitative estimate of drug-likeness (QED) is 0.851. The van der Waals surface area contributed by atoms with Crippen molar-refractivity contribution in [3.05, 3.63) is 52.3 Å². The van der Waals surface area contributed by atoms with Gasteiger partial charge in [-0.2, -0.15) is 5.26 Å². The minimum atomic E-state index is -0.811. The van der Waals surface area contributed by atoms with E-state index in [1.807, 2.05) is 0 Å². The van der Waals surface area contributed by atoms with Crippen LogP contribution < -0.4 is 16.2 Å². The molecule has 106 valence electrons. The van der Waals surface area contributed by atoms with Gasteiger partial charge in [-0.05, 0) is 24.3 Å². The highest BCUT2D eigenvalue weighted by Gasteiger charge is 2.18. The molecule has 2 aromatic rings. The first kappa shape index (κ1) is 14.6. The first-order chi connectivity index (χ1) is 9.93. The van der Waals surface area contributed by atoms with Crippen molar-refractivity contribution in [2.45, 2.75) is 0 Å². The number of rotatable bonds is 3. The fourth-order valence-corrected chi connectivity index (χ4v) is 1.98. The lowest BCUT2D eigenvalue weighted by Gasteiger charge is -2.13. The van der Waals surface area contributed by atoms with E-state index >= 15 is 0 Å². The number of halogens is 2. The van der Waals surface area contributed by atoms with Gasteiger partial charge >= 0.3 is 0 Å². The summed E-state index contributed by atoms with van der Waals surface area (Å²) in [5, 5.41) is 8.98. The Morgan fingerprint density at radius 2 is 2.10 bits per heavy atom. The van der Waals surface area contributed by atoms with E-state index in [0.717, 1.165) is 6.07 Å². The Bertz CT molecular complexity index is 772. The van der Waals surface area contributed by atoms with Gasteiger partial charge in [-0.1, -0.05) is 17.7 Å². The Morgan fingerprint density at radius 1 is 1.38 bits per heavy atom. The van der Waals surface area contributed by atoms with Crippen molar-refractivity contribution in [2.75, 3.05) is 5.73 Å². The fourth-order valence-electron chi connectivity index (χ4n) is 1.71. The predicted molar refractivity (Wildman–Crippen MR) is 75.6 cm³/mol. The summed E-state index contributed by atoms with van der Waals surface area (Å²) in [6.45, 7) is 0. The van der Waals surface area contributed by atoms with Crippen LogP contribution in [0.5, 0.6) is 11.5 Å². The number of nitriles is 1. The molecule has 0 bridgehead atoms. The van der Waals surface area contributed by atoms with Crippen molar-refractivity contribution in [3.63, 3.8) is 0 Å². The number of amides is 1. The molecule has 0 spiro atoms. The number of nitrogens with two attached hydrogens (primary N) is 2. The summed E-state index contributed by atoms with van der Waals surface area (Å²) in [4.78, 5) is 11.4. The number of nitrogens with zero attached hydrogens (tertiary/aromatic N) is 1. The molecule has 2 aromatic carbocycles. The van der Waals surface area contributed by atoms with E-state index in [2.05, 4.69) is 0 Å². The molecule has 0 aliphatic heterocycles. The van der Waals surface area contributed by atoms with Crippen LogP contribution in [0.1, 0.15) is 15.9 Å². The van der Waals surface area contributed by atoms with Gasteiger partial charge in [-0.25, -0.2) is 4.39 Å². The average molecular weight is 306 g/mol. The summed E-state index contributed by atoms with van der Waals surface area (Å²) >= 11 is 5.97. The maximum atomic E-state index is 13.5. The number of nitrogen functional groups attached to an aromatic ring is 1. The van der Waals surface area contributed by atoms with Crippen molar-refractivity contribution < 1.29 is 13.9 Å². The Hall–Kier alpha value is -2.78. The lowest BCUT2D eigenvalue weighted by atomic mass is 10.1. The molecule has 0 fully saturated rings. The van der Waals surface area contributed by atoms with Gasteiger partial charge in [0.25, 0.3) is 5.91 Å². The first-order valence-electron chi connectivity index (χ1n) is 5.69. The number of hydrogen-bond acceptors (Lipinski definition) is 4. The van der Waals surface area contributed by atoms with Crippen molar-refractivity contribution in [1.29, 1.82) is 5.26 Å². The van der Waals surface area contributed by atoms with Crippen LogP contribution in [0.4, 0.5) is 10.1 Å². The molecule has 4 N–H and O–H groups in total. The number of ether oxygens (including phenoxy) is 1. The van der Waals surface area contributed by atoms with Gasteiger partial charge < -0.3 is 16.2 Å². The second kappa shape index (κ2) is 5.69. The molecule has 5 nitrogen and oxygen atoms in total. The summed E-state index contributed by atoms with van der Waals surface area (Å²) in [6.07, 6.45) is 0. The van der Waals surface area contributed by atoms with E-state index in [-0.39, 0.29) is 33.3 Å². The van der Waals surface area contributed by atoms with E-state index in [4.69, 9.17) is 33.1 Å². The standard InChI is InChI=1S/C14H9ClFN3O2/c15-10-5-7(18)4-8(14(19)20)13(10)21-12-3-1-2-11(16)9(12)6-17/h1-5H,18H2,(H2,19,20). The third-order valence-corrected chi connectivity index (χ3v) is 2.91. The molecule has 0 aliphatic carbocycles. The molecule has 0 radical (unpaired) electrons. The van der Waals surface area contributed by atoms with Crippen LogP contribution in [-0.2, 0) is 0 Å². The molecule has 0 aromatic heterocycles. The number of carbonyl (C=O) groups is 1. The zero-order valence-electron chi connectivity index (χ0n) is 10.6. The molecule has 2 rings (SSSR count). The van der Waals surface area contributed by atoms with Gasteiger partial charge in [-0.15, -0.1) is 0 Å². The van der Waals surface area contributed by atoms with Gasteiger partial charge in [0.2, 0.25) is 0 Å². The van der Waals surface area contributed by atoms with Gasteiger partial charge in [-0.3, -0.25) is 4.79 Å². The molecule has 7 heteroatoms. The van der Waals surface area contributed by atoms with Crippen molar-refractivity contribution in [3.8, 4) is 17.6 Å². The molecule has 0 heterocycles. The zero-order chi connectivity index (χ0) is 15.6. The van der Waals surface area contributed by atoms with Gasteiger partial charge in [0, 0.05) is 5.69 Å². The Balaban J connectivity index is 2.58. The molecule has 1 amide bonds. The van der Waals surface area contributed by atoms with Crippen LogP contribution in [0.15, 0.2) is 30.3 Å². The molecule has 0 atom stereocenters. The van der Waals surface area contributed by atoms with Gasteiger partial charge in [0.05, 0.1) is 10.6 Å². The van der Waals surface area contributed by atoms with Crippen LogP contribution in [0, 0.1) is 17.1 Å². The molecule has 21 heavy (non-hydrogen) atoms. The Morgan fingerprint density at radius 3 is 2.71 bits per heavy atom. The monoisotopic (exact) mass is 305 g/mol. The molecule has 0 aliphatic rings. The smallest absolute Gasteiger partial charge is 0.252 e.